The van der Waals surface area contributed by atoms with Gasteiger partial charge in [-0.3, -0.25) is 0 Å². The molecule has 38 heavy (non-hydrogen) atoms. The van der Waals surface area contributed by atoms with Crippen LogP contribution in [0.25, 0.3) is 22.5 Å². The zero-order chi connectivity index (χ0) is 27.7. The van der Waals surface area contributed by atoms with Crippen LogP contribution in [0.2, 0.25) is 5.02 Å². The Hall–Kier alpha value is -4.01. The molecule has 0 atom stereocenters. The Balaban J connectivity index is 1.62. The molecule has 1 heterocycles. The number of hydrogen-bond acceptors (Lipinski definition) is 6. The van der Waals surface area contributed by atoms with E-state index in [4.69, 9.17) is 11.6 Å². The molecule has 3 N–H and O–H groups in total. The van der Waals surface area contributed by atoms with E-state index in [2.05, 4.69) is 31.3 Å². The average Bonchev–Trinajstić information content (AvgIpc) is 3.39. The first kappa shape index (κ1) is 27.0. The Morgan fingerprint density at radius 2 is 1.66 bits per heavy atom. The van der Waals surface area contributed by atoms with Crippen LogP contribution >= 0.6 is 11.6 Å². The van der Waals surface area contributed by atoms with E-state index in [0.717, 1.165) is 16.4 Å². The quantitative estimate of drug-likeness (QED) is 0.298. The van der Waals surface area contributed by atoms with Crippen LogP contribution in [-0.2, 0) is 16.2 Å². The normalized spacial score (nSPS) is 12.0. The number of sulfonamides is 1. The number of nitrogens with zero attached hydrogens (tertiary/aromatic N) is 4. The lowest BCUT2D eigenvalue weighted by molar-refractivity contribution is -0.137. The fourth-order valence-corrected chi connectivity index (χ4v) is 4.56. The van der Waals surface area contributed by atoms with Crippen molar-refractivity contribution in [2.24, 2.45) is 0 Å². The van der Waals surface area contributed by atoms with Crippen LogP contribution in [-0.4, -0.2) is 53.5 Å². The lowest BCUT2D eigenvalue weighted by atomic mass is 10.0. The van der Waals surface area contributed by atoms with Gasteiger partial charge in [0.2, 0.25) is 15.8 Å². The van der Waals surface area contributed by atoms with Crippen LogP contribution < -0.4 is 10.6 Å². The molecule has 0 fully saturated rings. The lowest BCUT2D eigenvalue weighted by Crippen LogP contribution is -2.22. The number of halogens is 4. The largest absolute Gasteiger partial charge is 0.417 e. The van der Waals surface area contributed by atoms with Crippen molar-refractivity contribution in [3.05, 3.63) is 71.2 Å². The molecule has 0 aliphatic heterocycles. The number of amides is 2. The predicted octanol–water partition coefficient (Wildman–Crippen LogP) is 5.10. The molecule has 0 aliphatic carbocycles. The van der Waals surface area contributed by atoms with Crippen molar-refractivity contribution in [1.82, 2.24) is 24.9 Å². The lowest BCUT2D eigenvalue weighted by Gasteiger charge is -2.14. The highest BCUT2D eigenvalue weighted by Gasteiger charge is 2.33. The number of aromatic amines is 1. The zero-order valence-corrected chi connectivity index (χ0v) is 21.3. The van der Waals surface area contributed by atoms with Crippen LogP contribution in [0.4, 0.5) is 29.3 Å². The Kier molecular flexibility index (Phi) is 7.40. The van der Waals surface area contributed by atoms with Gasteiger partial charge < -0.3 is 10.6 Å². The molecule has 0 saturated carbocycles. The maximum atomic E-state index is 13.1. The molecule has 0 aliphatic rings. The molecule has 0 spiro atoms. The van der Waals surface area contributed by atoms with Crippen molar-refractivity contribution < 1.29 is 26.4 Å². The van der Waals surface area contributed by atoms with Gasteiger partial charge in [0, 0.05) is 25.3 Å². The number of carbonyl (C=O) groups excluding carboxylic acids is 1. The standard InChI is InChI=1S/C23H19ClF3N7O3S/c1-34(2)38(36,37)16-7-3-13(4-8-16)14-5-10-20(17(11-14)21-30-32-33-31-21)29-22(35)28-15-6-9-19(24)18(12-15)23(25,26)27/h3-12H,1-2H3,(H2,28,29,35)(H,30,31,32,33). The van der Waals surface area contributed by atoms with Crippen molar-refractivity contribution in [3.63, 3.8) is 0 Å². The summed E-state index contributed by atoms with van der Waals surface area (Å²) in [5.74, 6) is 0.139. The van der Waals surface area contributed by atoms with E-state index in [1.54, 1.807) is 30.3 Å². The second kappa shape index (κ2) is 10.4. The van der Waals surface area contributed by atoms with Gasteiger partial charge in [-0.15, -0.1) is 10.2 Å². The van der Waals surface area contributed by atoms with Gasteiger partial charge >= 0.3 is 12.2 Å². The van der Waals surface area contributed by atoms with E-state index in [0.29, 0.717) is 16.7 Å². The molecular formula is C23H19ClF3N7O3S. The summed E-state index contributed by atoms with van der Waals surface area (Å²) in [5, 5.41) is 18.2. The van der Waals surface area contributed by atoms with Crippen molar-refractivity contribution in [2.45, 2.75) is 11.1 Å². The summed E-state index contributed by atoms with van der Waals surface area (Å²) in [5.41, 5.74) is 0.706. The summed E-state index contributed by atoms with van der Waals surface area (Å²) in [6.07, 6.45) is -4.69. The topological polar surface area (TPSA) is 133 Å². The SMILES string of the molecule is CN(C)S(=O)(=O)c1ccc(-c2ccc(NC(=O)Nc3ccc(Cl)c(C(F)(F)F)c3)c(-c3nn[nH]n3)c2)cc1. The van der Waals surface area contributed by atoms with Crippen LogP contribution in [0, 0.1) is 0 Å². The molecule has 198 valence electrons. The molecule has 0 radical (unpaired) electrons. The summed E-state index contributed by atoms with van der Waals surface area (Å²) in [4.78, 5) is 12.8. The molecule has 4 rings (SSSR count). The van der Waals surface area contributed by atoms with Crippen LogP contribution in [0.5, 0.6) is 0 Å². The number of urea groups is 1. The van der Waals surface area contributed by atoms with E-state index < -0.39 is 32.8 Å². The van der Waals surface area contributed by atoms with E-state index in [9.17, 15) is 26.4 Å². The Bertz CT molecular complexity index is 1580. The van der Waals surface area contributed by atoms with E-state index in [1.165, 1.54) is 32.3 Å². The number of hydrogen-bond donors (Lipinski definition) is 3. The summed E-state index contributed by atoms with van der Waals surface area (Å²) >= 11 is 5.63. The third kappa shape index (κ3) is 5.77. The highest BCUT2D eigenvalue weighted by molar-refractivity contribution is 7.89. The van der Waals surface area contributed by atoms with Gasteiger partial charge in [-0.1, -0.05) is 29.8 Å². The molecule has 1 aromatic heterocycles. The smallest absolute Gasteiger partial charge is 0.308 e. The number of aromatic nitrogens is 4. The van der Waals surface area contributed by atoms with Gasteiger partial charge in [0.05, 0.1) is 21.2 Å². The van der Waals surface area contributed by atoms with E-state index in [-0.39, 0.29) is 22.1 Å². The highest BCUT2D eigenvalue weighted by atomic mass is 35.5. The fourth-order valence-electron chi connectivity index (χ4n) is 3.43. The molecule has 4 aromatic rings. The third-order valence-electron chi connectivity index (χ3n) is 5.35. The molecule has 0 bridgehead atoms. The van der Waals surface area contributed by atoms with Gasteiger partial charge in [0.1, 0.15) is 0 Å². The summed E-state index contributed by atoms with van der Waals surface area (Å²) < 4.78 is 65.2. The average molecular weight is 566 g/mol. The van der Waals surface area contributed by atoms with Gasteiger partial charge in [0.15, 0.2) is 0 Å². The third-order valence-corrected chi connectivity index (χ3v) is 7.51. The van der Waals surface area contributed by atoms with E-state index >= 15 is 0 Å². The number of alkyl halides is 3. The maximum Gasteiger partial charge on any atom is 0.417 e. The molecule has 0 unspecified atom stereocenters. The van der Waals surface area contributed by atoms with Crippen LogP contribution in [0.1, 0.15) is 5.56 Å². The Morgan fingerprint density at radius 3 is 2.26 bits per heavy atom. The van der Waals surface area contributed by atoms with Crippen molar-refractivity contribution in [1.29, 1.82) is 0 Å². The van der Waals surface area contributed by atoms with Crippen LogP contribution in [0.3, 0.4) is 0 Å². The van der Waals surface area contributed by atoms with E-state index in [1.807, 2.05) is 0 Å². The first-order chi connectivity index (χ1) is 17.9. The summed E-state index contributed by atoms with van der Waals surface area (Å²) in [7, 11) is -0.732. The van der Waals surface area contributed by atoms with Gasteiger partial charge in [-0.2, -0.15) is 18.4 Å². The monoisotopic (exact) mass is 565 g/mol. The highest BCUT2D eigenvalue weighted by Crippen LogP contribution is 2.36. The number of nitrogens with one attached hydrogen (secondary N) is 3. The van der Waals surface area contributed by atoms with Gasteiger partial charge in [-0.05, 0) is 58.8 Å². The Morgan fingerprint density at radius 1 is 0.974 bits per heavy atom. The number of H-pyrrole nitrogens is 1. The first-order valence-electron chi connectivity index (χ1n) is 10.7. The fraction of sp³-hybridized carbons (Fsp3) is 0.130. The molecule has 10 nitrogen and oxygen atoms in total. The first-order valence-corrected chi connectivity index (χ1v) is 12.5. The number of anilines is 2. The zero-order valence-electron chi connectivity index (χ0n) is 19.7. The van der Waals surface area contributed by atoms with Gasteiger partial charge in [0.25, 0.3) is 0 Å². The minimum atomic E-state index is -4.69. The van der Waals surface area contributed by atoms with Crippen molar-refractivity contribution in [3.8, 4) is 22.5 Å². The summed E-state index contributed by atoms with van der Waals surface area (Å²) in [6.45, 7) is 0. The second-order valence-corrected chi connectivity index (χ2v) is 10.6. The molecule has 2 amide bonds. The number of rotatable bonds is 6. The van der Waals surface area contributed by atoms with Gasteiger partial charge in [-0.25, -0.2) is 17.5 Å². The van der Waals surface area contributed by atoms with Crippen molar-refractivity contribution >= 4 is 39.0 Å². The second-order valence-electron chi connectivity index (χ2n) is 8.08. The predicted molar refractivity (Wildman–Crippen MR) is 135 cm³/mol. The number of tetrazole rings is 1. The number of carbonyl (C=O) groups is 1. The minimum absolute atomic E-state index is 0.121. The van der Waals surface area contributed by atoms with Crippen molar-refractivity contribution in [2.75, 3.05) is 24.7 Å². The minimum Gasteiger partial charge on any atom is -0.308 e. The number of benzene rings is 3. The van der Waals surface area contributed by atoms with Crippen LogP contribution in [0.15, 0.2) is 65.6 Å². The summed E-state index contributed by atoms with van der Waals surface area (Å²) in [6, 6.07) is 13.2. The molecule has 15 heteroatoms. The molecule has 0 saturated heterocycles. The molecule has 3 aromatic carbocycles. The maximum absolute atomic E-state index is 13.1. The molecular weight excluding hydrogens is 547 g/mol. The Labute approximate surface area is 219 Å².